The zero-order chi connectivity index (χ0) is 25.9. The normalized spacial score (nSPS) is 18.5. The van der Waals surface area contributed by atoms with Crippen LogP contribution in [0, 0.1) is 0 Å². The maximum absolute atomic E-state index is 13.2. The number of aromatic amines is 1. The highest BCUT2D eigenvalue weighted by molar-refractivity contribution is 6.35. The lowest BCUT2D eigenvalue weighted by Gasteiger charge is -2.24. The highest BCUT2D eigenvalue weighted by Crippen LogP contribution is 2.28. The summed E-state index contributed by atoms with van der Waals surface area (Å²) in [5.41, 5.74) is 2.02. The Morgan fingerprint density at radius 3 is 2.69 bits per heavy atom. The summed E-state index contributed by atoms with van der Waals surface area (Å²) in [5.74, 6) is 0.0871. The summed E-state index contributed by atoms with van der Waals surface area (Å²) in [6.45, 7) is 6.41. The number of rotatable bonds is 8. The first-order valence-electron chi connectivity index (χ1n) is 11.8. The van der Waals surface area contributed by atoms with E-state index in [0.29, 0.717) is 35.4 Å². The van der Waals surface area contributed by atoms with Crippen molar-refractivity contribution < 1.29 is 19.1 Å². The number of hydrogen-bond donors (Lipinski definition) is 2. The van der Waals surface area contributed by atoms with Gasteiger partial charge in [-0.05, 0) is 57.0 Å². The number of fused-ring (bicyclic) bond motifs is 1. The molecule has 4 rings (SSSR count). The third-order valence-corrected chi connectivity index (χ3v) is 6.37. The third kappa shape index (κ3) is 6.97. The number of nitrogens with zero attached hydrogens (tertiary/aromatic N) is 2. The monoisotopic (exact) mass is 532 g/mol. The Hall–Kier alpha value is -2.65. The Kier molecular flexibility index (Phi) is 8.20. The van der Waals surface area contributed by atoms with Crippen LogP contribution in [-0.4, -0.2) is 57.6 Å². The molecule has 36 heavy (non-hydrogen) atoms. The Morgan fingerprint density at radius 1 is 1.19 bits per heavy atom. The Bertz CT molecular complexity index is 1210. The van der Waals surface area contributed by atoms with Crippen LogP contribution in [0.5, 0.6) is 0 Å². The maximum Gasteiger partial charge on any atom is 0.332 e. The molecule has 1 fully saturated rings. The molecule has 3 aromatic rings. The summed E-state index contributed by atoms with van der Waals surface area (Å²) in [4.78, 5) is 35.1. The van der Waals surface area contributed by atoms with E-state index in [2.05, 4.69) is 15.3 Å². The average Bonchev–Trinajstić information content (AvgIpc) is 3.40. The largest absolute Gasteiger partial charge is 0.458 e. The maximum atomic E-state index is 13.2. The van der Waals surface area contributed by atoms with Gasteiger partial charge in [0.15, 0.2) is 0 Å². The first-order chi connectivity index (χ1) is 17.1. The molecule has 2 N–H and O–H groups in total. The van der Waals surface area contributed by atoms with Crippen LogP contribution in [0.3, 0.4) is 0 Å². The second kappa shape index (κ2) is 11.2. The number of esters is 1. The molecule has 2 atom stereocenters. The molecule has 8 nitrogen and oxygen atoms in total. The summed E-state index contributed by atoms with van der Waals surface area (Å²) in [6.07, 6.45) is 0.116. The molecule has 0 aliphatic carbocycles. The fourth-order valence-electron chi connectivity index (χ4n) is 4.23. The molecule has 0 unspecified atom stereocenters. The number of hydrogen-bond acceptors (Lipinski definition) is 6. The van der Waals surface area contributed by atoms with E-state index in [0.717, 1.165) is 16.6 Å². The Morgan fingerprint density at radius 2 is 1.97 bits per heavy atom. The van der Waals surface area contributed by atoms with E-state index < -0.39 is 17.6 Å². The van der Waals surface area contributed by atoms with Crippen molar-refractivity contribution in [1.82, 2.24) is 20.2 Å². The lowest BCUT2D eigenvalue weighted by molar-refractivity contribution is -0.162. The quantitative estimate of drug-likeness (QED) is 0.415. The number of carbonyl (C=O) groups is 2. The van der Waals surface area contributed by atoms with E-state index in [1.165, 1.54) is 0 Å². The van der Waals surface area contributed by atoms with Gasteiger partial charge < -0.3 is 19.8 Å². The van der Waals surface area contributed by atoms with E-state index in [1.807, 2.05) is 35.2 Å². The second-order valence-corrected chi connectivity index (χ2v) is 10.7. The highest BCUT2D eigenvalue weighted by Gasteiger charge is 2.38. The average molecular weight is 533 g/mol. The minimum absolute atomic E-state index is 0.149. The molecular formula is C26H30Cl2N4O4. The Balaban J connectivity index is 1.42. The van der Waals surface area contributed by atoms with Gasteiger partial charge in [0.2, 0.25) is 5.91 Å². The van der Waals surface area contributed by atoms with Crippen LogP contribution in [-0.2, 0) is 32.2 Å². The van der Waals surface area contributed by atoms with Gasteiger partial charge in [-0.3, -0.25) is 9.69 Å². The SMILES string of the molecule is CC(C)(C)OC(=O)CO[C@@H]1C[C@@H](C(=O)NCc2nc3ccccc3[nH]2)N(Cc2ccc(Cl)cc2Cl)C1. The fourth-order valence-corrected chi connectivity index (χ4v) is 4.70. The van der Waals surface area contributed by atoms with Crippen LogP contribution in [0.2, 0.25) is 10.0 Å². The molecule has 0 radical (unpaired) electrons. The van der Waals surface area contributed by atoms with Crippen LogP contribution in [0.25, 0.3) is 11.0 Å². The molecule has 1 amide bonds. The van der Waals surface area contributed by atoms with E-state index >= 15 is 0 Å². The number of amides is 1. The van der Waals surface area contributed by atoms with Crippen molar-refractivity contribution in [3.05, 3.63) is 63.9 Å². The minimum atomic E-state index is -0.591. The number of imidazole rings is 1. The van der Waals surface area contributed by atoms with Crippen molar-refractivity contribution in [3.8, 4) is 0 Å². The number of para-hydroxylation sites is 2. The summed E-state index contributed by atoms with van der Waals surface area (Å²) < 4.78 is 11.2. The second-order valence-electron chi connectivity index (χ2n) is 9.85. The molecule has 0 bridgehead atoms. The summed E-state index contributed by atoms with van der Waals surface area (Å²) in [5, 5.41) is 4.06. The van der Waals surface area contributed by atoms with Gasteiger partial charge in [-0.15, -0.1) is 0 Å². The molecular weight excluding hydrogens is 503 g/mol. The van der Waals surface area contributed by atoms with Gasteiger partial charge in [-0.25, -0.2) is 9.78 Å². The summed E-state index contributed by atoms with van der Waals surface area (Å²) >= 11 is 12.4. The van der Waals surface area contributed by atoms with E-state index in [1.54, 1.807) is 32.9 Å². The molecule has 0 saturated carbocycles. The van der Waals surface area contributed by atoms with Gasteiger partial charge in [-0.2, -0.15) is 0 Å². The lowest BCUT2D eigenvalue weighted by Crippen LogP contribution is -2.42. The van der Waals surface area contributed by atoms with Crippen LogP contribution < -0.4 is 5.32 Å². The zero-order valence-corrected chi connectivity index (χ0v) is 22.0. The highest BCUT2D eigenvalue weighted by atomic mass is 35.5. The van der Waals surface area contributed by atoms with E-state index in [-0.39, 0.29) is 25.2 Å². The smallest absolute Gasteiger partial charge is 0.332 e. The predicted molar refractivity (Wildman–Crippen MR) is 139 cm³/mol. The third-order valence-electron chi connectivity index (χ3n) is 5.78. The molecule has 10 heteroatoms. The molecule has 1 saturated heterocycles. The summed E-state index contributed by atoms with van der Waals surface area (Å²) in [6, 6.07) is 12.5. The van der Waals surface area contributed by atoms with E-state index in [9.17, 15) is 9.59 Å². The molecule has 2 heterocycles. The standard InChI is InChI=1S/C26H30Cl2N4O4/c1-26(2,3)36-24(33)15-35-18-11-22(32(14-18)13-16-8-9-17(27)10-19(16)28)25(34)29-12-23-30-20-6-4-5-7-21(20)31-23/h4-10,18,22H,11-15H2,1-3H3,(H,29,34)(H,30,31)/t18-,22+/m1/s1. The van der Waals surface area contributed by atoms with Crippen molar-refractivity contribution >= 4 is 46.1 Å². The molecule has 192 valence electrons. The number of H-pyrrole nitrogens is 1. The van der Waals surface area contributed by atoms with Gasteiger partial charge in [0.05, 0.1) is 29.7 Å². The lowest BCUT2D eigenvalue weighted by atomic mass is 10.1. The zero-order valence-electron chi connectivity index (χ0n) is 20.5. The number of halogens is 2. The Labute approximate surface area is 220 Å². The van der Waals surface area contributed by atoms with Crippen molar-refractivity contribution in [2.24, 2.45) is 0 Å². The number of nitrogens with one attached hydrogen (secondary N) is 2. The summed E-state index contributed by atoms with van der Waals surface area (Å²) in [7, 11) is 0. The topological polar surface area (TPSA) is 96.5 Å². The van der Waals surface area contributed by atoms with Gasteiger partial charge in [0, 0.05) is 23.1 Å². The van der Waals surface area contributed by atoms with Crippen molar-refractivity contribution in [3.63, 3.8) is 0 Å². The molecule has 1 aromatic heterocycles. The fraction of sp³-hybridized carbons (Fsp3) is 0.423. The first-order valence-corrected chi connectivity index (χ1v) is 12.6. The molecule has 2 aromatic carbocycles. The molecule has 1 aliphatic rings. The number of benzene rings is 2. The van der Waals surface area contributed by atoms with Gasteiger partial charge in [-0.1, -0.05) is 41.4 Å². The van der Waals surface area contributed by atoms with Gasteiger partial charge >= 0.3 is 5.97 Å². The van der Waals surface area contributed by atoms with Crippen LogP contribution in [0.15, 0.2) is 42.5 Å². The minimum Gasteiger partial charge on any atom is -0.458 e. The van der Waals surface area contributed by atoms with E-state index in [4.69, 9.17) is 32.7 Å². The molecule has 1 aliphatic heterocycles. The predicted octanol–water partition coefficient (Wildman–Crippen LogP) is 4.49. The van der Waals surface area contributed by atoms with Crippen molar-refractivity contribution in [2.45, 2.75) is 58.0 Å². The van der Waals surface area contributed by atoms with Gasteiger partial charge in [0.25, 0.3) is 0 Å². The van der Waals surface area contributed by atoms with Crippen molar-refractivity contribution in [2.75, 3.05) is 13.2 Å². The first kappa shape index (κ1) is 26.4. The number of carbonyl (C=O) groups excluding carboxylic acids is 2. The van der Waals surface area contributed by atoms with Gasteiger partial charge in [0.1, 0.15) is 18.0 Å². The van der Waals surface area contributed by atoms with Crippen LogP contribution >= 0.6 is 23.2 Å². The van der Waals surface area contributed by atoms with Crippen molar-refractivity contribution in [1.29, 1.82) is 0 Å². The number of ether oxygens (including phenoxy) is 2. The van der Waals surface area contributed by atoms with Crippen LogP contribution in [0.4, 0.5) is 0 Å². The molecule has 0 spiro atoms. The number of likely N-dealkylation sites (tertiary alicyclic amines) is 1. The van der Waals surface area contributed by atoms with Crippen LogP contribution in [0.1, 0.15) is 38.6 Å². The number of aromatic nitrogens is 2.